The number of aliphatic carboxylic acids is 1. The Morgan fingerprint density at radius 3 is 2.50 bits per heavy atom. The Bertz CT molecular complexity index is 439. The zero-order chi connectivity index (χ0) is 13.1. The predicted molar refractivity (Wildman–Crippen MR) is 63.1 cm³/mol. The Labute approximate surface area is 105 Å². The molecule has 0 amide bonds. The number of hydrogen-bond donors (Lipinski definition) is 1. The van der Waals surface area contributed by atoms with Crippen LogP contribution in [0.4, 0.5) is 8.78 Å². The molecule has 1 saturated carbocycles. The van der Waals surface area contributed by atoms with Crippen LogP contribution in [0, 0.1) is 23.5 Å². The Balaban J connectivity index is 2.12. The average molecular weight is 254 g/mol. The number of hydrogen-bond acceptors (Lipinski definition) is 1. The predicted octanol–water partition coefficient (Wildman–Crippen LogP) is 3.40. The molecular weight excluding hydrogens is 238 g/mol. The minimum Gasteiger partial charge on any atom is -0.481 e. The Morgan fingerprint density at radius 2 is 1.94 bits per heavy atom. The van der Waals surface area contributed by atoms with Crippen LogP contribution < -0.4 is 0 Å². The third kappa shape index (κ3) is 2.86. The van der Waals surface area contributed by atoms with E-state index in [2.05, 4.69) is 0 Å². The Hall–Kier alpha value is -1.45. The SMILES string of the molecule is O=C(O)C(Cc1ccc(F)c(F)c1)C1CCCC1. The summed E-state index contributed by atoms with van der Waals surface area (Å²) in [5.41, 5.74) is 0.549. The smallest absolute Gasteiger partial charge is 0.307 e. The first-order valence-corrected chi connectivity index (χ1v) is 6.24. The number of benzene rings is 1. The summed E-state index contributed by atoms with van der Waals surface area (Å²) < 4.78 is 25.9. The molecule has 1 aliphatic rings. The molecule has 1 aromatic rings. The fraction of sp³-hybridized carbons (Fsp3) is 0.500. The first-order chi connectivity index (χ1) is 8.58. The fourth-order valence-electron chi connectivity index (χ4n) is 2.74. The van der Waals surface area contributed by atoms with Crippen LogP contribution in [0.1, 0.15) is 31.2 Å². The van der Waals surface area contributed by atoms with Gasteiger partial charge in [-0.25, -0.2) is 8.78 Å². The number of carbonyl (C=O) groups is 1. The molecule has 1 atom stereocenters. The number of carboxylic acids is 1. The highest BCUT2D eigenvalue weighted by Crippen LogP contribution is 2.33. The maximum atomic E-state index is 13.1. The van der Waals surface area contributed by atoms with E-state index in [0.717, 1.165) is 37.8 Å². The molecule has 0 bridgehead atoms. The Kier molecular flexibility index (Phi) is 3.94. The highest BCUT2D eigenvalue weighted by atomic mass is 19.2. The van der Waals surface area contributed by atoms with Gasteiger partial charge in [-0.1, -0.05) is 18.9 Å². The second-order valence-corrected chi connectivity index (χ2v) is 4.94. The molecule has 0 heterocycles. The summed E-state index contributed by atoms with van der Waals surface area (Å²) in [7, 11) is 0. The third-order valence-corrected chi connectivity index (χ3v) is 3.73. The second-order valence-electron chi connectivity index (χ2n) is 4.94. The summed E-state index contributed by atoms with van der Waals surface area (Å²) in [5, 5.41) is 9.25. The lowest BCUT2D eigenvalue weighted by molar-refractivity contribution is -0.143. The van der Waals surface area contributed by atoms with Crippen LogP contribution in [-0.2, 0) is 11.2 Å². The van der Waals surface area contributed by atoms with Crippen molar-refractivity contribution in [1.29, 1.82) is 0 Å². The van der Waals surface area contributed by atoms with Crippen molar-refractivity contribution in [2.45, 2.75) is 32.1 Å². The molecule has 4 heteroatoms. The largest absolute Gasteiger partial charge is 0.481 e. The molecule has 0 aliphatic heterocycles. The van der Waals surface area contributed by atoms with Gasteiger partial charge in [-0.2, -0.15) is 0 Å². The lowest BCUT2D eigenvalue weighted by Gasteiger charge is -2.19. The quantitative estimate of drug-likeness (QED) is 0.894. The van der Waals surface area contributed by atoms with Crippen LogP contribution >= 0.6 is 0 Å². The summed E-state index contributed by atoms with van der Waals surface area (Å²) in [4.78, 5) is 11.3. The minimum atomic E-state index is -0.914. The minimum absolute atomic E-state index is 0.163. The molecule has 1 aliphatic carbocycles. The summed E-state index contributed by atoms with van der Waals surface area (Å²) in [6.45, 7) is 0. The number of carboxylic acid groups (broad SMARTS) is 1. The van der Waals surface area contributed by atoms with Gasteiger partial charge in [0.15, 0.2) is 11.6 Å². The topological polar surface area (TPSA) is 37.3 Å². The van der Waals surface area contributed by atoms with E-state index in [1.807, 2.05) is 0 Å². The van der Waals surface area contributed by atoms with E-state index in [1.165, 1.54) is 6.07 Å². The second kappa shape index (κ2) is 5.46. The van der Waals surface area contributed by atoms with Crippen LogP contribution in [0.3, 0.4) is 0 Å². The van der Waals surface area contributed by atoms with Gasteiger partial charge in [-0.15, -0.1) is 0 Å². The van der Waals surface area contributed by atoms with Crippen LogP contribution in [0.2, 0.25) is 0 Å². The first kappa shape index (κ1) is 13.0. The molecule has 1 aromatic carbocycles. The molecule has 18 heavy (non-hydrogen) atoms. The van der Waals surface area contributed by atoms with Gasteiger partial charge in [-0.05, 0) is 42.9 Å². The zero-order valence-electron chi connectivity index (χ0n) is 10.0. The van der Waals surface area contributed by atoms with Crippen molar-refractivity contribution in [3.8, 4) is 0 Å². The number of halogens is 2. The number of rotatable bonds is 4. The third-order valence-electron chi connectivity index (χ3n) is 3.73. The van der Waals surface area contributed by atoms with Crippen molar-refractivity contribution in [2.75, 3.05) is 0 Å². The maximum Gasteiger partial charge on any atom is 0.307 e. The van der Waals surface area contributed by atoms with Crippen molar-refractivity contribution >= 4 is 5.97 Å². The Morgan fingerprint density at radius 1 is 1.28 bits per heavy atom. The normalized spacial score (nSPS) is 17.9. The van der Waals surface area contributed by atoms with Gasteiger partial charge in [0.1, 0.15) is 0 Å². The molecule has 2 rings (SSSR count). The van der Waals surface area contributed by atoms with Crippen molar-refractivity contribution in [2.24, 2.45) is 11.8 Å². The first-order valence-electron chi connectivity index (χ1n) is 6.24. The standard InChI is InChI=1S/C14H16F2O2/c15-12-6-5-9(8-13(12)16)7-11(14(17)18)10-3-1-2-4-10/h5-6,8,10-11H,1-4,7H2,(H,17,18). The zero-order valence-corrected chi connectivity index (χ0v) is 10.0. The summed E-state index contributed by atoms with van der Waals surface area (Å²) in [5.74, 6) is -2.98. The van der Waals surface area contributed by atoms with E-state index in [4.69, 9.17) is 0 Å². The van der Waals surface area contributed by atoms with Crippen LogP contribution in [-0.4, -0.2) is 11.1 Å². The molecule has 1 fully saturated rings. The van der Waals surface area contributed by atoms with E-state index in [-0.39, 0.29) is 12.3 Å². The lowest BCUT2D eigenvalue weighted by atomic mass is 9.86. The van der Waals surface area contributed by atoms with E-state index in [0.29, 0.717) is 5.56 Å². The maximum absolute atomic E-state index is 13.1. The van der Waals surface area contributed by atoms with Gasteiger partial charge in [0.05, 0.1) is 5.92 Å². The van der Waals surface area contributed by atoms with Crippen LogP contribution in [0.25, 0.3) is 0 Å². The molecule has 0 aromatic heterocycles. The highest BCUT2D eigenvalue weighted by molar-refractivity contribution is 5.70. The summed E-state index contributed by atoms with van der Waals surface area (Å²) in [6, 6.07) is 3.61. The fourth-order valence-corrected chi connectivity index (χ4v) is 2.74. The van der Waals surface area contributed by atoms with E-state index in [9.17, 15) is 18.7 Å². The van der Waals surface area contributed by atoms with Crippen molar-refractivity contribution < 1.29 is 18.7 Å². The van der Waals surface area contributed by atoms with Crippen molar-refractivity contribution in [3.63, 3.8) is 0 Å². The molecule has 0 radical (unpaired) electrons. The molecular formula is C14H16F2O2. The molecule has 98 valence electrons. The molecule has 1 unspecified atom stereocenters. The average Bonchev–Trinajstić information content (AvgIpc) is 2.83. The molecule has 0 saturated heterocycles. The molecule has 2 nitrogen and oxygen atoms in total. The lowest BCUT2D eigenvalue weighted by Crippen LogP contribution is -2.24. The highest BCUT2D eigenvalue weighted by Gasteiger charge is 2.30. The van der Waals surface area contributed by atoms with Crippen LogP contribution in [0.5, 0.6) is 0 Å². The van der Waals surface area contributed by atoms with Gasteiger partial charge in [0, 0.05) is 0 Å². The molecule has 0 spiro atoms. The molecule has 1 N–H and O–H groups in total. The monoisotopic (exact) mass is 254 g/mol. The van der Waals surface area contributed by atoms with E-state index >= 15 is 0 Å². The van der Waals surface area contributed by atoms with Crippen molar-refractivity contribution in [3.05, 3.63) is 35.4 Å². The van der Waals surface area contributed by atoms with Crippen molar-refractivity contribution in [1.82, 2.24) is 0 Å². The van der Waals surface area contributed by atoms with Crippen LogP contribution in [0.15, 0.2) is 18.2 Å². The van der Waals surface area contributed by atoms with E-state index in [1.54, 1.807) is 0 Å². The van der Waals surface area contributed by atoms with Gasteiger partial charge in [0.25, 0.3) is 0 Å². The summed E-state index contributed by atoms with van der Waals surface area (Å²) in [6.07, 6.45) is 4.23. The van der Waals surface area contributed by atoms with Gasteiger partial charge >= 0.3 is 5.97 Å². The summed E-state index contributed by atoms with van der Waals surface area (Å²) >= 11 is 0. The van der Waals surface area contributed by atoms with E-state index < -0.39 is 23.5 Å². The van der Waals surface area contributed by atoms with Gasteiger partial charge in [-0.3, -0.25) is 4.79 Å². The van der Waals surface area contributed by atoms with Gasteiger partial charge < -0.3 is 5.11 Å². The van der Waals surface area contributed by atoms with Gasteiger partial charge in [0.2, 0.25) is 0 Å².